The average Bonchev–Trinajstić information content (AvgIpc) is 3.26. The molecule has 6 heteroatoms. The van der Waals surface area contributed by atoms with E-state index in [0.717, 1.165) is 27.5 Å². The fourth-order valence-corrected chi connectivity index (χ4v) is 4.51. The Morgan fingerprint density at radius 2 is 2.07 bits per heavy atom. The zero-order chi connectivity index (χ0) is 21.6. The molecule has 0 saturated heterocycles. The number of hydrogen-bond donors (Lipinski definition) is 1. The second-order valence-electron chi connectivity index (χ2n) is 7.81. The van der Waals surface area contributed by atoms with Crippen LogP contribution in [0.5, 0.6) is 5.75 Å². The minimum absolute atomic E-state index is 0.0211. The van der Waals surface area contributed by atoms with Crippen molar-refractivity contribution in [2.45, 2.75) is 19.8 Å². The number of phenolic OH excluding ortho intramolecular Hbond substituents is 1. The molecule has 0 bridgehead atoms. The number of fused-ring (bicyclic) bond motifs is 3. The van der Waals surface area contributed by atoms with Crippen LogP contribution in [0.15, 0.2) is 42.6 Å². The Kier molecular flexibility index (Phi) is 5.16. The lowest BCUT2D eigenvalue weighted by atomic mass is 9.92. The molecular weight excluding hydrogens is 400 g/mol. The Labute approximate surface area is 180 Å². The summed E-state index contributed by atoms with van der Waals surface area (Å²) in [5, 5.41) is 12.4. The summed E-state index contributed by atoms with van der Waals surface area (Å²) < 4.78 is 1.75. The number of benzene rings is 2. The van der Waals surface area contributed by atoms with Crippen LogP contribution in [0, 0.1) is 6.92 Å². The van der Waals surface area contributed by atoms with E-state index in [4.69, 9.17) is 11.6 Å². The maximum atomic E-state index is 13.5. The molecule has 1 atom stereocenters. The first-order valence-corrected chi connectivity index (χ1v) is 10.3. The van der Waals surface area contributed by atoms with Crippen LogP contribution >= 0.6 is 11.6 Å². The van der Waals surface area contributed by atoms with Gasteiger partial charge in [0.25, 0.3) is 5.91 Å². The molecule has 5 nitrogen and oxygen atoms in total. The monoisotopic (exact) mass is 422 g/mol. The summed E-state index contributed by atoms with van der Waals surface area (Å²) >= 11 is 6.30. The molecule has 1 aliphatic rings. The number of hydrogen-bond acceptors (Lipinski definition) is 3. The highest BCUT2D eigenvalue weighted by Crippen LogP contribution is 2.46. The summed E-state index contributed by atoms with van der Waals surface area (Å²) in [6.45, 7) is 3.94. The van der Waals surface area contributed by atoms with Crippen LogP contribution < -0.4 is 4.90 Å². The summed E-state index contributed by atoms with van der Waals surface area (Å²) in [7, 11) is 1.80. The molecule has 0 unspecified atom stereocenters. The second-order valence-corrected chi connectivity index (χ2v) is 8.12. The zero-order valence-corrected chi connectivity index (χ0v) is 17.9. The Morgan fingerprint density at radius 1 is 1.30 bits per heavy atom. The third-order valence-corrected chi connectivity index (χ3v) is 6.03. The number of aryl methyl sites for hydroxylation is 2. The topological polar surface area (TPSA) is 62.5 Å². The average molecular weight is 423 g/mol. The second kappa shape index (κ2) is 7.65. The van der Waals surface area contributed by atoms with Gasteiger partial charge in [0.1, 0.15) is 11.4 Å². The van der Waals surface area contributed by atoms with Gasteiger partial charge in [-0.25, -0.2) is 0 Å². The highest BCUT2D eigenvalue weighted by Gasteiger charge is 2.36. The maximum Gasteiger partial charge on any atom is 0.274 e. The van der Waals surface area contributed by atoms with Crippen LogP contribution in [0.3, 0.4) is 0 Å². The first-order valence-electron chi connectivity index (χ1n) is 9.79. The number of carbonyl (C=O) groups excluding carboxylic acids is 2. The lowest BCUT2D eigenvalue weighted by Gasteiger charge is -2.19. The summed E-state index contributed by atoms with van der Waals surface area (Å²) in [4.78, 5) is 26.4. The van der Waals surface area contributed by atoms with Crippen molar-refractivity contribution in [2.24, 2.45) is 7.05 Å². The molecule has 3 aromatic rings. The highest BCUT2D eigenvalue weighted by atomic mass is 35.5. The Hall–Kier alpha value is -3.05. The van der Waals surface area contributed by atoms with Crippen LogP contribution in [0.1, 0.15) is 40.0 Å². The quantitative estimate of drug-likeness (QED) is 0.486. The number of allylic oxidation sites excluding steroid dienone is 1. The number of phenols is 1. The molecule has 1 amide bonds. The van der Waals surface area contributed by atoms with Crippen LogP contribution in [0.2, 0.25) is 0 Å². The number of alkyl halides is 1. The minimum atomic E-state index is -0.166. The van der Waals surface area contributed by atoms with E-state index in [-0.39, 0.29) is 23.4 Å². The van der Waals surface area contributed by atoms with E-state index in [0.29, 0.717) is 23.8 Å². The van der Waals surface area contributed by atoms with E-state index in [9.17, 15) is 14.7 Å². The van der Waals surface area contributed by atoms with Gasteiger partial charge in [0.05, 0.1) is 5.69 Å². The molecule has 0 spiro atoms. The van der Waals surface area contributed by atoms with Gasteiger partial charge >= 0.3 is 0 Å². The predicted octanol–water partition coefficient (Wildman–Crippen LogP) is 4.78. The van der Waals surface area contributed by atoms with Crippen molar-refractivity contribution in [1.29, 1.82) is 0 Å². The first-order chi connectivity index (χ1) is 14.3. The number of ketones is 1. The number of amides is 1. The minimum Gasteiger partial charge on any atom is -0.507 e. The summed E-state index contributed by atoms with van der Waals surface area (Å²) in [6.07, 6.45) is 4.98. The van der Waals surface area contributed by atoms with Crippen LogP contribution in [0.25, 0.3) is 16.8 Å². The molecule has 4 rings (SSSR count). The van der Waals surface area contributed by atoms with Crippen LogP contribution in [-0.4, -0.2) is 33.8 Å². The van der Waals surface area contributed by atoms with E-state index in [2.05, 4.69) is 0 Å². The molecule has 0 saturated carbocycles. The number of carbonyl (C=O) groups is 2. The van der Waals surface area contributed by atoms with E-state index in [1.54, 1.807) is 34.7 Å². The lowest BCUT2D eigenvalue weighted by molar-refractivity contribution is -0.112. The van der Waals surface area contributed by atoms with Gasteiger partial charge in [-0.05, 0) is 54.1 Å². The zero-order valence-electron chi connectivity index (χ0n) is 17.1. The van der Waals surface area contributed by atoms with Gasteiger partial charge in [0.2, 0.25) is 0 Å². The van der Waals surface area contributed by atoms with Crippen LogP contribution in [0.4, 0.5) is 5.69 Å². The molecule has 0 fully saturated rings. The van der Waals surface area contributed by atoms with Crippen molar-refractivity contribution in [2.75, 3.05) is 17.3 Å². The molecule has 2 heterocycles. The Bertz CT molecular complexity index is 1210. The molecule has 1 N–H and O–H groups in total. The third kappa shape index (κ3) is 3.29. The van der Waals surface area contributed by atoms with Gasteiger partial charge in [-0.3, -0.25) is 9.59 Å². The largest absolute Gasteiger partial charge is 0.507 e. The van der Waals surface area contributed by atoms with Gasteiger partial charge in [-0.2, -0.15) is 0 Å². The number of aromatic nitrogens is 1. The van der Waals surface area contributed by atoms with Gasteiger partial charge in [-0.15, -0.1) is 11.6 Å². The predicted molar refractivity (Wildman–Crippen MR) is 121 cm³/mol. The SMILES string of the molecule is CC(=O)C=Cc1cc(C(=O)N2C[C@@H](CCl)c3c2cc(O)c2cccc(C)c32)n(C)c1. The van der Waals surface area contributed by atoms with Gasteiger partial charge < -0.3 is 14.6 Å². The van der Waals surface area contributed by atoms with Crippen molar-refractivity contribution in [3.63, 3.8) is 0 Å². The fraction of sp³-hybridized carbons (Fsp3) is 0.250. The van der Waals surface area contributed by atoms with Crippen molar-refractivity contribution in [3.05, 3.63) is 65.0 Å². The molecule has 1 aliphatic heterocycles. The molecular formula is C24H23ClN2O3. The number of anilines is 1. The Morgan fingerprint density at radius 3 is 2.77 bits per heavy atom. The first kappa shape index (κ1) is 20.2. The van der Waals surface area contributed by atoms with Crippen molar-refractivity contribution < 1.29 is 14.7 Å². The molecule has 0 radical (unpaired) electrons. The van der Waals surface area contributed by atoms with E-state index < -0.39 is 0 Å². The molecule has 0 aliphatic carbocycles. The number of aromatic hydroxyl groups is 1. The molecule has 2 aromatic carbocycles. The van der Waals surface area contributed by atoms with Crippen molar-refractivity contribution in [1.82, 2.24) is 4.57 Å². The summed E-state index contributed by atoms with van der Waals surface area (Å²) in [5.74, 6) is 0.290. The lowest BCUT2D eigenvalue weighted by Crippen LogP contribution is -2.31. The van der Waals surface area contributed by atoms with Crippen LogP contribution in [-0.2, 0) is 11.8 Å². The molecule has 1 aromatic heterocycles. The number of rotatable bonds is 4. The van der Waals surface area contributed by atoms with Gasteiger partial charge in [-0.1, -0.05) is 18.2 Å². The van der Waals surface area contributed by atoms with Gasteiger partial charge in [0, 0.05) is 43.0 Å². The smallest absolute Gasteiger partial charge is 0.274 e. The number of halogens is 1. The normalized spacial score (nSPS) is 15.9. The van der Waals surface area contributed by atoms with E-state index in [1.807, 2.05) is 31.3 Å². The van der Waals surface area contributed by atoms with Crippen molar-refractivity contribution >= 4 is 45.8 Å². The van der Waals surface area contributed by atoms with Gasteiger partial charge in [0.15, 0.2) is 5.78 Å². The Balaban J connectivity index is 1.82. The highest BCUT2D eigenvalue weighted by molar-refractivity contribution is 6.19. The maximum absolute atomic E-state index is 13.5. The molecule has 154 valence electrons. The third-order valence-electron chi connectivity index (χ3n) is 5.66. The standard InChI is InChI=1S/C24H23ClN2O3/c1-14-5-4-6-18-21(29)10-19-23(22(14)18)17(11-25)13-27(19)24(30)20-9-16(12-26(20)3)8-7-15(2)28/h4-10,12,17,29H,11,13H2,1-3H3/t17-/m1/s1. The fourth-order valence-electron chi connectivity index (χ4n) is 4.26. The summed E-state index contributed by atoms with van der Waals surface area (Å²) in [6, 6.07) is 9.24. The number of nitrogens with zero attached hydrogens (tertiary/aromatic N) is 2. The van der Waals surface area contributed by atoms with Crippen molar-refractivity contribution in [3.8, 4) is 5.75 Å². The van der Waals surface area contributed by atoms with E-state index in [1.165, 1.54) is 13.0 Å². The summed E-state index contributed by atoms with van der Waals surface area (Å²) in [5.41, 5.74) is 4.03. The van der Waals surface area contributed by atoms with E-state index >= 15 is 0 Å². The molecule has 30 heavy (non-hydrogen) atoms.